The van der Waals surface area contributed by atoms with E-state index in [0.29, 0.717) is 19.6 Å². The quantitative estimate of drug-likeness (QED) is 0.559. The number of hydrogen-bond acceptors (Lipinski definition) is 6. The Bertz CT molecular complexity index is 1080. The number of rotatable bonds is 7. The predicted molar refractivity (Wildman–Crippen MR) is 127 cm³/mol. The molecule has 1 unspecified atom stereocenters. The van der Waals surface area contributed by atoms with Crippen molar-refractivity contribution in [3.05, 3.63) is 70.6 Å². The maximum atomic E-state index is 13.0. The van der Waals surface area contributed by atoms with Gasteiger partial charge in [-0.3, -0.25) is 9.69 Å². The van der Waals surface area contributed by atoms with E-state index in [9.17, 15) is 9.59 Å². The summed E-state index contributed by atoms with van der Waals surface area (Å²) in [6, 6.07) is 17.4. The third-order valence-corrected chi connectivity index (χ3v) is 7.30. The summed E-state index contributed by atoms with van der Waals surface area (Å²) >= 11 is 1.84. The summed E-state index contributed by atoms with van der Waals surface area (Å²) in [4.78, 5) is 30.6. The first-order valence-electron chi connectivity index (χ1n) is 11.0. The van der Waals surface area contributed by atoms with Crippen molar-refractivity contribution in [2.75, 3.05) is 26.2 Å². The van der Waals surface area contributed by atoms with Crippen molar-refractivity contribution in [3.8, 4) is 0 Å². The number of benzene rings is 2. The van der Waals surface area contributed by atoms with E-state index in [-0.39, 0.29) is 25.0 Å². The number of carbonyl (C=O) groups excluding carboxylic acids is 2. The number of nitrogens with zero attached hydrogens (tertiary/aromatic N) is 2. The van der Waals surface area contributed by atoms with E-state index in [1.54, 1.807) is 4.90 Å². The second kappa shape index (κ2) is 10.3. The Morgan fingerprint density at radius 3 is 2.59 bits per heavy atom. The van der Waals surface area contributed by atoms with Gasteiger partial charge in [-0.2, -0.15) is 0 Å². The fourth-order valence-corrected chi connectivity index (χ4v) is 5.41. The molecule has 2 N–H and O–H groups in total. The summed E-state index contributed by atoms with van der Waals surface area (Å²) in [6.45, 7) is 4.60. The fourth-order valence-electron chi connectivity index (χ4n) is 4.26. The molecule has 1 saturated heterocycles. The molecule has 7 heteroatoms. The van der Waals surface area contributed by atoms with Crippen LogP contribution < -0.4 is 5.73 Å². The summed E-state index contributed by atoms with van der Waals surface area (Å²) in [7, 11) is 0. The number of aryl methyl sites for hydroxylation is 1. The Morgan fingerprint density at radius 2 is 1.84 bits per heavy atom. The second-order valence-corrected chi connectivity index (χ2v) is 9.13. The molecule has 32 heavy (non-hydrogen) atoms. The summed E-state index contributed by atoms with van der Waals surface area (Å²) in [6.07, 6.45) is 0.975. The molecule has 1 amide bonds. The summed E-state index contributed by atoms with van der Waals surface area (Å²) in [5.41, 5.74) is 7.86. The van der Waals surface area contributed by atoms with Crippen LogP contribution in [0.2, 0.25) is 0 Å². The van der Waals surface area contributed by atoms with Gasteiger partial charge in [-0.25, -0.2) is 4.79 Å². The van der Waals surface area contributed by atoms with E-state index >= 15 is 0 Å². The molecular weight excluding hydrogens is 422 g/mol. The Kier molecular flexibility index (Phi) is 7.19. The summed E-state index contributed by atoms with van der Waals surface area (Å²) in [5, 5.41) is 1.28. The van der Waals surface area contributed by atoms with E-state index in [0.717, 1.165) is 18.5 Å². The van der Waals surface area contributed by atoms with Gasteiger partial charge in [0, 0.05) is 35.8 Å². The second-order valence-electron chi connectivity index (χ2n) is 7.99. The molecule has 6 nitrogen and oxygen atoms in total. The Balaban J connectivity index is 1.51. The molecule has 2 aromatic carbocycles. The molecule has 1 fully saturated rings. The number of esters is 1. The van der Waals surface area contributed by atoms with Gasteiger partial charge in [0.2, 0.25) is 5.91 Å². The predicted octanol–water partition coefficient (Wildman–Crippen LogP) is 3.18. The van der Waals surface area contributed by atoms with Crippen LogP contribution in [-0.2, 0) is 33.9 Å². The molecule has 1 aromatic heterocycles. The first-order valence-corrected chi connectivity index (χ1v) is 11.8. The lowest BCUT2D eigenvalue weighted by atomic mass is 10.1. The van der Waals surface area contributed by atoms with Crippen molar-refractivity contribution < 1.29 is 14.3 Å². The zero-order valence-corrected chi connectivity index (χ0v) is 19.1. The third kappa shape index (κ3) is 4.85. The number of nitrogens with two attached hydrogens (primary N) is 1. The lowest BCUT2D eigenvalue weighted by Crippen LogP contribution is -2.59. The lowest BCUT2D eigenvalue weighted by Gasteiger charge is -2.40. The fraction of sp³-hybridized carbons (Fsp3) is 0.360. The van der Waals surface area contributed by atoms with Gasteiger partial charge in [0.05, 0.1) is 6.54 Å². The molecule has 3 aromatic rings. The minimum atomic E-state index is -0.654. The number of amides is 1. The van der Waals surface area contributed by atoms with E-state index in [4.69, 9.17) is 10.5 Å². The molecule has 0 saturated carbocycles. The molecule has 0 radical (unpaired) electrons. The minimum absolute atomic E-state index is 0.113. The molecule has 2 heterocycles. The Hall–Kier alpha value is -2.74. The standard InChI is InChI=1S/C25H29N3O3S/c1-2-22-20(19-10-6-7-11-23(19)32-22)15-27-12-13-28(24(29)14-26)21(16-27)25(30)31-17-18-8-4-3-5-9-18/h3-11,21H,2,12-17,26H2,1H3. The average Bonchev–Trinajstić information content (AvgIpc) is 3.20. The highest BCUT2D eigenvalue weighted by Crippen LogP contribution is 2.33. The van der Waals surface area contributed by atoms with Crippen LogP contribution in [0.1, 0.15) is 22.9 Å². The van der Waals surface area contributed by atoms with Gasteiger partial charge in [-0.15, -0.1) is 11.3 Å². The van der Waals surface area contributed by atoms with Crippen molar-refractivity contribution >= 4 is 33.3 Å². The number of ether oxygens (including phenoxy) is 1. The number of carbonyl (C=O) groups is 2. The van der Waals surface area contributed by atoms with Crippen molar-refractivity contribution in [2.45, 2.75) is 32.5 Å². The first-order chi connectivity index (χ1) is 15.6. The van der Waals surface area contributed by atoms with E-state index in [2.05, 4.69) is 36.1 Å². The van der Waals surface area contributed by atoms with Crippen LogP contribution in [-0.4, -0.2) is 53.9 Å². The van der Waals surface area contributed by atoms with E-state index in [1.807, 2.05) is 41.7 Å². The molecule has 0 aliphatic carbocycles. The van der Waals surface area contributed by atoms with Crippen LogP contribution in [0.15, 0.2) is 54.6 Å². The van der Waals surface area contributed by atoms with Crippen LogP contribution in [0.5, 0.6) is 0 Å². The molecule has 0 bridgehead atoms. The normalized spacial score (nSPS) is 16.9. The van der Waals surface area contributed by atoms with Gasteiger partial charge in [0.25, 0.3) is 0 Å². The molecule has 168 valence electrons. The maximum Gasteiger partial charge on any atom is 0.330 e. The highest BCUT2D eigenvalue weighted by molar-refractivity contribution is 7.19. The van der Waals surface area contributed by atoms with E-state index < -0.39 is 6.04 Å². The molecule has 1 aliphatic heterocycles. The van der Waals surface area contributed by atoms with Crippen LogP contribution in [0.4, 0.5) is 0 Å². The highest BCUT2D eigenvalue weighted by Gasteiger charge is 2.36. The van der Waals surface area contributed by atoms with Crippen LogP contribution >= 0.6 is 11.3 Å². The van der Waals surface area contributed by atoms with Gasteiger partial charge >= 0.3 is 5.97 Å². The molecule has 0 spiro atoms. The molecular formula is C25H29N3O3S. The summed E-state index contributed by atoms with van der Waals surface area (Å²) < 4.78 is 6.88. The minimum Gasteiger partial charge on any atom is -0.459 e. The highest BCUT2D eigenvalue weighted by atomic mass is 32.1. The van der Waals surface area contributed by atoms with Crippen molar-refractivity contribution in [1.82, 2.24) is 9.80 Å². The lowest BCUT2D eigenvalue weighted by molar-refractivity contribution is -0.159. The number of thiophene rings is 1. The van der Waals surface area contributed by atoms with Gasteiger partial charge in [0.15, 0.2) is 0 Å². The van der Waals surface area contributed by atoms with E-state index in [1.165, 1.54) is 20.5 Å². The van der Waals surface area contributed by atoms with Crippen LogP contribution in [0.3, 0.4) is 0 Å². The van der Waals surface area contributed by atoms with Gasteiger partial charge in [0.1, 0.15) is 12.6 Å². The van der Waals surface area contributed by atoms with Crippen molar-refractivity contribution in [1.29, 1.82) is 0 Å². The third-order valence-electron chi connectivity index (χ3n) is 5.94. The largest absolute Gasteiger partial charge is 0.459 e. The SMILES string of the molecule is CCc1sc2ccccc2c1CN1CCN(C(=O)CN)C(C(=O)OCc2ccccc2)C1. The summed E-state index contributed by atoms with van der Waals surface area (Å²) in [5.74, 6) is -0.604. The molecule has 1 aliphatic rings. The van der Waals surface area contributed by atoms with Gasteiger partial charge in [-0.1, -0.05) is 55.5 Å². The van der Waals surface area contributed by atoms with Crippen LogP contribution in [0, 0.1) is 0 Å². The van der Waals surface area contributed by atoms with Gasteiger partial charge in [-0.05, 0) is 29.0 Å². The average molecular weight is 452 g/mol. The Morgan fingerprint density at radius 1 is 1.09 bits per heavy atom. The van der Waals surface area contributed by atoms with Crippen molar-refractivity contribution in [3.63, 3.8) is 0 Å². The number of piperazine rings is 1. The van der Waals surface area contributed by atoms with Crippen molar-refractivity contribution in [2.24, 2.45) is 5.73 Å². The number of fused-ring (bicyclic) bond motifs is 1. The zero-order chi connectivity index (χ0) is 22.5. The van der Waals surface area contributed by atoms with Crippen LogP contribution in [0.25, 0.3) is 10.1 Å². The zero-order valence-electron chi connectivity index (χ0n) is 18.3. The monoisotopic (exact) mass is 451 g/mol. The number of hydrogen-bond donors (Lipinski definition) is 1. The smallest absolute Gasteiger partial charge is 0.330 e. The Labute approximate surface area is 192 Å². The van der Waals surface area contributed by atoms with Gasteiger partial charge < -0.3 is 15.4 Å². The maximum absolute atomic E-state index is 13.0. The molecule has 1 atom stereocenters. The topological polar surface area (TPSA) is 75.9 Å². The molecule has 4 rings (SSSR count). The first kappa shape index (κ1) is 22.5.